The number of piperazine rings is 1. The van der Waals surface area contributed by atoms with Crippen LogP contribution in [0.5, 0.6) is 0 Å². The Morgan fingerprint density at radius 3 is 2.72 bits per heavy atom. The smallest absolute Gasteiger partial charge is 0.244 e. The number of nitrogens with zero attached hydrogens (tertiary/aromatic N) is 3. The second kappa shape index (κ2) is 7.93. The molecule has 0 aromatic heterocycles. The molecule has 3 rings (SSSR count). The van der Waals surface area contributed by atoms with Crippen LogP contribution in [0.25, 0.3) is 0 Å². The van der Waals surface area contributed by atoms with E-state index in [9.17, 15) is 14.0 Å². The summed E-state index contributed by atoms with van der Waals surface area (Å²) < 4.78 is 13.9. The van der Waals surface area contributed by atoms with Gasteiger partial charge in [0, 0.05) is 45.7 Å². The molecule has 2 aliphatic rings. The molecule has 1 aromatic carbocycles. The third-order valence-electron chi connectivity index (χ3n) is 5.00. The summed E-state index contributed by atoms with van der Waals surface area (Å²) >= 11 is 0. The average molecular weight is 348 g/mol. The van der Waals surface area contributed by atoms with E-state index in [0.717, 1.165) is 26.2 Å². The van der Waals surface area contributed by atoms with E-state index in [2.05, 4.69) is 5.32 Å². The fourth-order valence-corrected chi connectivity index (χ4v) is 3.48. The lowest BCUT2D eigenvalue weighted by molar-refractivity contribution is -0.132. The Balaban J connectivity index is 1.54. The third-order valence-corrected chi connectivity index (χ3v) is 5.00. The molecule has 1 unspecified atom stereocenters. The maximum atomic E-state index is 13.9. The van der Waals surface area contributed by atoms with E-state index < -0.39 is 0 Å². The highest BCUT2D eigenvalue weighted by Crippen LogP contribution is 2.26. The predicted molar refractivity (Wildman–Crippen MR) is 93.9 cm³/mol. The minimum absolute atomic E-state index is 0.0952. The Morgan fingerprint density at radius 2 is 2.00 bits per heavy atom. The number of carbonyl (C=O) groups is 2. The van der Waals surface area contributed by atoms with Crippen molar-refractivity contribution in [2.24, 2.45) is 0 Å². The second-order valence-electron chi connectivity index (χ2n) is 6.61. The van der Waals surface area contributed by atoms with Crippen molar-refractivity contribution in [3.05, 3.63) is 30.1 Å². The molecular formula is C18H25FN4O2. The fourth-order valence-electron chi connectivity index (χ4n) is 3.48. The average Bonchev–Trinajstić information content (AvgIpc) is 3.02. The maximum Gasteiger partial charge on any atom is 0.244 e. The number of hydrogen-bond acceptors (Lipinski definition) is 4. The molecule has 0 aliphatic carbocycles. The van der Waals surface area contributed by atoms with Crippen LogP contribution in [0, 0.1) is 5.82 Å². The zero-order valence-electron chi connectivity index (χ0n) is 14.6. The van der Waals surface area contributed by atoms with Gasteiger partial charge in [0.05, 0.1) is 11.7 Å². The normalized spacial score (nSPS) is 21.2. The molecule has 7 heteroatoms. The number of rotatable bonds is 5. The number of para-hydroxylation sites is 1. The highest BCUT2D eigenvalue weighted by Gasteiger charge is 2.36. The van der Waals surface area contributed by atoms with Crippen LogP contribution in [0.1, 0.15) is 12.8 Å². The molecule has 2 fully saturated rings. The Kier molecular flexibility index (Phi) is 5.65. The molecular weight excluding hydrogens is 323 g/mol. The summed E-state index contributed by atoms with van der Waals surface area (Å²) in [6.45, 7) is 4.18. The number of benzene rings is 1. The van der Waals surface area contributed by atoms with Gasteiger partial charge in [0.2, 0.25) is 11.8 Å². The summed E-state index contributed by atoms with van der Waals surface area (Å²) in [5, 5.41) is 3.22. The zero-order chi connectivity index (χ0) is 17.8. The molecule has 6 nitrogen and oxygen atoms in total. The summed E-state index contributed by atoms with van der Waals surface area (Å²) in [7, 11) is 1.86. The molecule has 2 heterocycles. The molecule has 0 bridgehead atoms. The lowest BCUT2D eigenvalue weighted by Gasteiger charge is -2.29. The van der Waals surface area contributed by atoms with E-state index in [1.54, 1.807) is 18.2 Å². The van der Waals surface area contributed by atoms with Crippen LogP contribution in [-0.4, -0.2) is 74.0 Å². The van der Waals surface area contributed by atoms with Crippen molar-refractivity contribution >= 4 is 17.5 Å². The van der Waals surface area contributed by atoms with Crippen molar-refractivity contribution in [2.45, 2.75) is 18.9 Å². The quantitative estimate of drug-likeness (QED) is 0.851. The number of carbonyl (C=O) groups excluding carboxylic acids is 2. The maximum absolute atomic E-state index is 13.9. The van der Waals surface area contributed by atoms with Crippen molar-refractivity contribution in [2.75, 3.05) is 51.2 Å². The summed E-state index contributed by atoms with van der Waals surface area (Å²) in [4.78, 5) is 30.2. The highest BCUT2D eigenvalue weighted by atomic mass is 19.1. The standard InChI is InChI=1S/C18H25FN4O2/c1-21(10-7-17(24)22-12-8-20-9-13-22)16-6-11-23(18(16)25)15-5-3-2-4-14(15)19/h2-5,16,20H,6-13H2,1H3. The SMILES string of the molecule is CN(CCC(=O)N1CCNCC1)C1CCN(c2ccccc2F)C1=O. The molecule has 0 radical (unpaired) electrons. The third kappa shape index (κ3) is 3.99. The monoisotopic (exact) mass is 348 g/mol. The highest BCUT2D eigenvalue weighted by molar-refractivity contribution is 5.99. The number of hydrogen-bond donors (Lipinski definition) is 1. The lowest BCUT2D eigenvalue weighted by atomic mass is 10.2. The lowest BCUT2D eigenvalue weighted by Crippen LogP contribution is -2.47. The topological polar surface area (TPSA) is 55.9 Å². The van der Waals surface area contributed by atoms with Gasteiger partial charge in [-0.3, -0.25) is 14.5 Å². The molecule has 1 atom stereocenters. The number of anilines is 1. The molecule has 0 saturated carbocycles. The van der Waals surface area contributed by atoms with Crippen LogP contribution < -0.4 is 10.2 Å². The summed E-state index contributed by atoms with van der Waals surface area (Å²) in [5.74, 6) is -0.347. The number of halogens is 1. The van der Waals surface area contributed by atoms with Crippen LogP contribution in [0.2, 0.25) is 0 Å². The van der Waals surface area contributed by atoms with Crippen LogP contribution >= 0.6 is 0 Å². The van der Waals surface area contributed by atoms with E-state index >= 15 is 0 Å². The first-order chi connectivity index (χ1) is 12.1. The van der Waals surface area contributed by atoms with Crippen molar-refractivity contribution < 1.29 is 14.0 Å². The van der Waals surface area contributed by atoms with Crippen molar-refractivity contribution in [1.29, 1.82) is 0 Å². The van der Waals surface area contributed by atoms with Gasteiger partial charge in [-0.15, -0.1) is 0 Å². The van der Waals surface area contributed by atoms with Gasteiger partial charge in [0.25, 0.3) is 0 Å². The molecule has 136 valence electrons. The van der Waals surface area contributed by atoms with Crippen molar-refractivity contribution in [1.82, 2.24) is 15.1 Å². The Labute approximate surface area is 147 Å². The van der Waals surface area contributed by atoms with Crippen molar-refractivity contribution in [3.63, 3.8) is 0 Å². The van der Waals surface area contributed by atoms with Gasteiger partial charge in [-0.05, 0) is 25.6 Å². The molecule has 2 saturated heterocycles. The van der Waals surface area contributed by atoms with Crippen LogP contribution in [-0.2, 0) is 9.59 Å². The first-order valence-corrected chi connectivity index (χ1v) is 8.82. The Hall–Kier alpha value is -1.99. The summed E-state index contributed by atoms with van der Waals surface area (Å²) in [6, 6.07) is 6.05. The number of likely N-dealkylation sites (N-methyl/N-ethyl adjacent to an activating group) is 1. The molecule has 0 spiro atoms. The molecule has 2 amide bonds. The van der Waals surface area contributed by atoms with E-state index in [1.165, 1.54) is 11.0 Å². The Bertz CT molecular complexity index is 633. The molecule has 1 N–H and O–H groups in total. The number of nitrogens with one attached hydrogen (secondary N) is 1. The summed E-state index contributed by atoms with van der Waals surface area (Å²) in [5.41, 5.74) is 0.334. The molecule has 2 aliphatic heterocycles. The second-order valence-corrected chi connectivity index (χ2v) is 6.61. The minimum Gasteiger partial charge on any atom is -0.340 e. The van der Waals surface area contributed by atoms with Crippen LogP contribution in [0.4, 0.5) is 10.1 Å². The van der Waals surface area contributed by atoms with Gasteiger partial charge < -0.3 is 15.1 Å². The van der Waals surface area contributed by atoms with Gasteiger partial charge in [0.15, 0.2) is 0 Å². The van der Waals surface area contributed by atoms with Gasteiger partial charge in [0.1, 0.15) is 5.82 Å². The first kappa shape index (κ1) is 17.8. The zero-order valence-corrected chi connectivity index (χ0v) is 14.6. The Morgan fingerprint density at radius 1 is 1.28 bits per heavy atom. The van der Waals surface area contributed by atoms with Crippen LogP contribution in [0.15, 0.2) is 24.3 Å². The largest absolute Gasteiger partial charge is 0.340 e. The van der Waals surface area contributed by atoms with Gasteiger partial charge in [-0.25, -0.2) is 4.39 Å². The van der Waals surface area contributed by atoms with E-state index in [0.29, 0.717) is 31.6 Å². The molecule has 25 heavy (non-hydrogen) atoms. The van der Waals surface area contributed by atoms with Gasteiger partial charge in [-0.2, -0.15) is 0 Å². The van der Waals surface area contributed by atoms with Gasteiger partial charge in [-0.1, -0.05) is 12.1 Å². The minimum atomic E-state index is -0.381. The van der Waals surface area contributed by atoms with Crippen LogP contribution in [0.3, 0.4) is 0 Å². The van der Waals surface area contributed by atoms with Crippen molar-refractivity contribution in [3.8, 4) is 0 Å². The van der Waals surface area contributed by atoms with Gasteiger partial charge >= 0.3 is 0 Å². The van der Waals surface area contributed by atoms with E-state index in [1.807, 2.05) is 16.8 Å². The van der Waals surface area contributed by atoms with E-state index in [-0.39, 0.29) is 23.7 Å². The summed E-state index contributed by atoms with van der Waals surface area (Å²) in [6.07, 6.45) is 1.05. The molecule has 1 aromatic rings. The number of amides is 2. The van der Waals surface area contributed by atoms with E-state index in [4.69, 9.17) is 0 Å². The fraction of sp³-hybridized carbons (Fsp3) is 0.556. The predicted octanol–water partition coefficient (Wildman–Crippen LogP) is 0.685. The first-order valence-electron chi connectivity index (χ1n) is 8.82.